The van der Waals surface area contributed by atoms with Crippen molar-refractivity contribution >= 4 is 11.6 Å². The minimum Gasteiger partial charge on any atom is -0.495 e. The second-order valence-electron chi connectivity index (χ2n) is 4.87. The molecule has 1 aliphatic heterocycles. The molecular weight excluding hydrogens is 242 g/mol. The lowest BCUT2D eigenvalue weighted by Crippen LogP contribution is -2.33. The molecule has 1 saturated heterocycles. The van der Waals surface area contributed by atoms with Crippen LogP contribution in [-0.4, -0.2) is 32.7 Å². The first-order valence-corrected chi connectivity index (χ1v) is 6.63. The van der Waals surface area contributed by atoms with Crippen LogP contribution in [0.2, 0.25) is 0 Å². The van der Waals surface area contributed by atoms with Crippen LogP contribution in [0.4, 0.5) is 5.69 Å². The molecule has 0 aromatic heterocycles. The van der Waals surface area contributed by atoms with Crippen LogP contribution in [0.25, 0.3) is 0 Å². The lowest BCUT2D eigenvalue weighted by molar-refractivity contribution is 0.100. The van der Waals surface area contributed by atoms with Crippen molar-refractivity contribution in [3.63, 3.8) is 0 Å². The predicted octanol–water partition coefficient (Wildman–Crippen LogP) is 1.21. The van der Waals surface area contributed by atoms with E-state index in [-0.39, 0.29) is 0 Å². The smallest absolute Gasteiger partial charge is 0.248 e. The summed E-state index contributed by atoms with van der Waals surface area (Å²) in [6.07, 6.45) is 2.43. The fourth-order valence-electron chi connectivity index (χ4n) is 2.35. The maximum Gasteiger partial charge on any atom is 0.248 e. The number of primary amides is 1. The Morgan fingerprint density at radius 2 is 2.42 bits per heavy atom. The van der Waals surface area contributed by atoms with Crippen LogP contribution in [0, 0.1) is 5.92 Å². The zero-order valence-electron chi connectivity index (χ0n) is 11.2. The first kappa shape index (κ1) is 13.7. The van der Waals surface area contributed by atoms with E-state index >= 15 is 0 Å². The number of piperidine rings is 1. The highest BCUT2D eigenvalue weighted by Crippen LogP contribution is 2.26. The highest BCUT2D eigenvalue weighted by Gasteiger charge is 2.14. The number of nitrogens with two attached hydrogens (primary N) is 1. The molecule has 19 heavy (non-hydrogen) atoms. The molecule has 0 spiro atoms. The first-order valence-electron chi connectivity index (χ1n) is 6.63. The summed E-state index contributed by atoms with van der Waals surface area (Å²) in [5, 5.41) is 6.74. The topological polar surface area (TPSA) is 76.4 Å². The number of carbonyl (C=O) groups is 1. The monoisotopic (exact) mass is 263 g/mol. The Balaban J connectivity index is 2.04. The van der Waals surface area contributed by atoms with Crippen molar-refractivity contribution in [2.24, 2.45) is 11.7 Å². The van der Waals surface area contributed by atoms with Gasteiger partial charge in [-0.15, -0.1) is 0 Å². The molecule has 5 heteroatoms. The molecule has 1 atom stereocenters. The zero-order valence-corrected chi connectivity index (χ0v) is 11.2. The first-order chi connectivity index (χ1) is 9.20. The van der Waals surface area contributed by atoms with Gasteiger partial charge >= 0.3 is 0 Å². The van der Waals surface area contributed by atoms with Gasteiger partial charge in [0.25, 0.3) is 0 Å². The number of hydrogen-bond acceptors (Lipinski definition) is 4. The molecule has 5 nitrogen and oxygen atoms in total. The predicted molar refractivity (Wildman–Crippen MR) is 75.6 cm³/mol. The molecular formula is C14H21N3O2. The van der Waals surface area contributed by atoms with Crippen LogP contribution >= 0.6 is 0 Å². The summed E-state index contributed by atoms with van der Waals surface area (Å²) in [6, 6.07) is 5.19. The van der Waals surface area contributed by atoms with Crippen molar-refractivity contribution in [3.05, 3.63) is 23.8 Å². The molecule has 1 aromatic rings. The number of nitrogens with one attached hydrogen (secondary N) is 2. The van der Waals surface area contributed by atoms with E-state index in [1.54, 1.807) is 25.3 Å². The van der Waals surface area contributed by atoms with E-state index in [0.717, 1.165) is 31.1 Å². The lowest BCUT2D eigenvalue weighted by Gasteiger charge is -2.24. The van der Waals surface area contributed by atoms with Gasteiger partial charge in [0.05, 0.1) is 12.8 Å². The summed E-state index contributed by atoms with van der Waals surface area (Å²) in [5.74, 6) is 0.912. The fraction of sp³-hybridized carbons (Fsp3) is 0.500. The van der Waals surface area contributed by atoms with Crippen molar-refractivity contribution in [3.8, 4) is 5.75 Å². The Morgan fingerprint density at radius 3 is 3.05 bits per heavy atom. The molecule has 1 aliphatic rings. The minimum absolute atomic E-state index is 0.426. The van der Waals surface area contributed by atoms with Crippen molar-refractivity contribution < 1.29 is 9.53 Å². The highest BCUT2D eigenvalue weighted by atomic mass is 16.5. The molecule has 0 saturated carbocycles. The van der Waals surface area contributed by atoms with Gasteiger partial charge in [0, 0.05) is 12.1 Å². The number of hydrogen-bond donors (Lipinski definition) is 3. The van der Waals surface area contributed by atoms with E-state index < -0.39 is 5.91 Å². The second-order valence-corrected chi connectivity index (χ2v) is 4.87. The molecule has 1 fully saturated rings. The standard InChI is InChI=1S/C14H21N3O2/c1-19-13-5-4-11(14(15)18)7-12(13)17-9-10-3-2-6-16-8-10/h4-5,7,10,16-17H,2-3,6,8-9H2,1H3,(H2,15,18). The molecule has 0 radical (unpaired) electrons. The third kappa shape index (κ3) is 3.61. The van der Waals surface area contributed by atoms with E-state index in [2.05, 4.69) is 10.6 Å². The van der Waals surface area contributed by atoms with Crippen LogP contribution in [-0.2, 0) is 0 Å². The Bertz CT molecular complexity index is 442. The summed E-state index contributed by atoms with van der Waals surface area (Å²) in [7, 11) is 1.62. The number of rotatable bonds is 5. The summed E-state index contributed by atoms with van der Waals surface area (Å²) in [5.41, 5.74) is 6.61. The second kappa shape index (κ2) is 6.43. The minimum atomic E-state index is -0.426. The number of ether oxygens (including phenoxy) is 1. The number of anilines is 1. The molecule has 2 rings (SSSR count). The zero-order chi connectivity index (χ0) is 13.7. The Kier molecular flexibility index (Phi) is 4.63. The molecule has 0 bridgehead atoms. The maximum atomic E-state index is 11.2. The Hall–Kier alpha value is -1.75. The SMILES string of the molecule is COc1ccc(C(N)=O)cc1NCC1CCCNC1. The molecule has 0 aliphatic carbocycles. The average molecular weight is 263 g/mol. The molecule has 1 heterocycles. The summed E-state index contributed by atoms with van der Waals surface area (Å²) in [6.45, 7) is 3.01. The number of carbonyl (C=O) groups excluding carboxylic acids is 1. The number of amides is 1. The van der Waals surface area contributed by atoms with Gasteiger partial charge in [-0.05, 0) is 50.0 Å². The van der Waals surface area contributed by atoms with E-state index in [9.17, 15) is 4.79 Å². The van der Waals surface area contributed by atoms with Crippen LogP contribution in [0.5, 0.6) is 5.75 Å². The van der Waals surface area contributed by atoms with E-state index in [1.807, 2.05) is 0 Å². The van der Waals surface area contributed by atoms with Crippen LogP contribution < -0.4 is 21.1 Å². The van der Waals surface area contributed by atoms with E-state index in [0.29, 0.717) is 11.5 Å². The molecule has 1 aromatic carbocycles. The highest BCUT2D eigenvalue weighted by molar-refractivity contribution is 5.94. The molecule has 4 N–H and O–H groups in total. The van der Waals surface area contributed by atoms with Crippen molar-refractivity contribution in [2.45, 2.75) is 12.8 Å². The third-order valence-corrected chi connectivity index (χ3v) is 3.46. The van der Waals surface area contributed by atoms with Crippen molar-refractivity contribution in [2.75, 3.05) is 32.1 Å². The molecule has 1 amide bonds. The molecule has 104 valence electrons. The van der Waals surface area contributed by atoms with E-state index in [4.69, 9.17) is 10.5 Å². The Labute approximate surface area is 113 Å². The van der Waals surface area contributed by atoms with Crippen LogP contribution in [0.3, 0.4) is 0 Å². The van der Waals surface area contributed by atoms with Gasteiger partial charge in [0.1, 0.15) is 5.75 Å². The summed E-state index contributed by atoms with van der Waals surface area (Å²) >= 11 is 0. The molecule has 1 unspecified atom stereocenters. The van der Waals surface area contributed by atoms with E-state index in [1.165, 1.54) is 12.8 Å². The van der Waals surface area contributed by atoms with Gasteiger partial charge in [-0.1, -0.05) is 0 Å². The fourth-order valence-corrected chi connectivity index (χ4v) is 2.35. The largest absolute Gasteiger partial charge is 0.495 e. The summed E-state index contributed by atoms with van der Waals surface area (Å²) < 4.78 is 5.29. The van der Waals surface area contributed by atoms with Crippen molar-refractivity contribution in [1.29, 1.82) is 0 Å². The van der Waals surface area contributed by atoms with Gasteiger partial charge in [-0.2, -0.15) is 0 Å². The van der Waals surface area contributed by atoms with Gasteiger partial charge in [0.15, 0.2) is 0 Å². The van der Waals surface area contributed by atoms with Gasteiger partial charge in [-0.3, -0.25) is 4.79 Å². The van der Waals surface area contributed by atoms with Crippen LogP contribution in [0.1, 0.15) is 23.2 Å². The lowest BCUT2D eigenvalue weighted by atomic mass is 9.99. The van der Waals surface area contributed by atoms with Gasteiger partial charge in [0.2, 0.25) is 5.91 Å². The van der Waals surface area contributed by atoms with Gasteiger partial charge in [-0.25, -0.2) is 0 Å². The maximum absolute atomic E-state index is 11.2. The summed E-state index contributed by atoms with van der Waals surface area (Å²) in [4.78, 5) is 11.2. The van der Waals surface area contributed by atoms with Crippen LogP contribution in [0.15, 0.2) is 18.2 Å². The third-order valence-electron chi connectivity index (χ3n) is 3.46. The quantitative estimate of drug-likeness (QED) is 0.746. The number of methoxy groups -OCH3 is 1. The average Bonchev–Trinajstić information content (AvgIpc) is 2.45. The van der Waals surface area contributed by atoms with Gasteiger partial charge < -0.3 is 21.1 Å². The number of benzene rings is 1. The van der Waals surface area contributed by atoms with Crippen molar-refractivity contribution in [1.82, 2.24) is 5.32 Å². The normalized spacial score (nSPS) is 18.9. The Morgan fingerprint density at radius 1 is 1.58 bits per heavy atom.